The van der Waals surface area contributed by atoms with Crippen LogP contribution in [0.5, 0.6) is 0 Å². The molecule has 0 fully saturated rings. The number of rotatable bonds is 6. The Morgan fingerprint density at radius 2 is 2.06 bits per heavy atom. The van der Waals surface area contributed by atoms with E-state index >= 15 is 0 Å². The molecule has 0 spiro atoms. The quantitative estimate of drug-likeness (QED) is 0.449. The third-order valence-electron chi connectivity index (χ3n) is 6.04. The molecule has 1 amide bonds. The molecule has 7 nitrogen and oxygen atoms in total. The summed E-state index contributed by atoms with van der Waals surface area (Å²) in [6.07, 6.45) is 2.57. The molecule has 0 saturated heterocycles. The highest BCUT2D eigenvalue weighted by atomic mass is 35.5. The van der Waals surface area contributed by atoms with Crippen molar-refractivity contribution in [3.05, 3.63) is 92.4 Å². The number of carbonyl (C=O) groups is 1. The van der Waals surface area contributed by atoms with Crippen molar-refractivity contribution < 1.29 is 4.79 Å². The summed E-state index contributed by atoms with van der Waals surface area (Å²) in [5.74, 6) is -0.103. The molecule has 1 N–H and O–H groups in total. The van der Waals surface area contributed by atoms with Gasteiger partial charge < -0.3 is 5.32 Å². The fraction of sp³-hybridized carbons (Fsp3) is 0.250. The van der Waals surface area contributed by atoms with Gasteiger partial charge in [-0.15, -0.1) is 16.4 Å². The summed E-state index contributed by atoms with van der Waals surface area (Å²) in [5, 5.41) is 17.3. The van der Waals surface area contributed by atoms with E-state index in [0.29, 0.717) is 17.1 Å². The molecular weight excluding hydrogens is 456 g/mol. The van der Waals surface area contributed by atoms with Crippen molar-refractivity contribution in [3.63, 3.8) is 0 Å². The first kappa shape index (κ1) is 21.8. The van der Waals surface area contributed by atoms with Gasteiger partial charge in [0.25, 0.3) is 5.91 Å². The first-order valence-corrected chi connectivity index (χ1v) is 12.0. The van der Waals surface area contributed by atoms with Gasteiger partial charge in [-0.3, -0.25) is 9.69 Å². The Kier molecular flexibility index (Phi) is 6.22. The van der Waals surface area contributed by atoms with E-state index in [-0.39, 0.29) is 11.9 Å². The van der Waals surface area contributed by atoms with Crippen LogP contribution in [0.15, 0.2) is 60.2 Å². The highest BCUT2D eigenvalue weighted by molar-refractivity contribution is 7.10. The minimum Gasteiger partial charge on any atom is -0.350 e. The standard InChI is InChI=1S/C24H23ClN6OS/c1-16-12-18(4-7-21(16)31-15-27-28-29-31)24(32)26-13-22(17-2-5-20(25)6-3-17)30-10-8-23-19(14-30)9-11-33-23/h2-7,9,11-12,15,22H,8,10,13-14H2,1H3,(H,26,32). The smallest absolute Gasteiger partial charge is 0.251 e. The lowest BCUT2D eigenvalue weighted by Gasteiger charge is -2.35. The number of thiophene rings is 1. The Bertz CT molecular complexity index is 1250. The van der Waals surface area contributed by atoms with Gasteiger partial charge in [-0.05, 0) is 82.2 Å². The molecule has 5 rings (SSSR count). The van der Waals surface area contributed by atoms with E-state index in [0.717, 1.165) is 36.3 Å². The van der Waals surface area contributed by atoms with Gasteiger partial charge in [0.15, 0.2) is 0 Å². The summed E-state index contributed by atoms with van der Waals surface area (Å²) in [4.78, 5) is 16.9. The highest BCUT2D eigenvalue weighted by Gasteiger charge is 2.26. The van der Waals surface area contributed by atoms with Crippen LogP contribution in [0.4, 0.5) is 0 Å². The van der Waals surface area contributed by atoms with Gasteiger partial charge in [-0.1, -0.05) is 23.7 Å². The molecule has 33 heavy (non-hydrogen) atoms. The second kappa shape index (κ2) is 9.43. The number of nitrogens with zero attached hydrogens (tertiary/aromatic N) is 5. The molecule has 4 aromatic rings. The predicted molar refractivity (Wildman–Crippen MR) is 129 cm³/mol. The monoisotopic (exact) mass is 478 g/mol. The summed E-state index contributed by atoms with van der Waals surface area (Å²) < 4.78 is 1.59. The Morgan fingerprint density at radius 1 is 1.21 bits per heavy atom. The lowest BCUT2D eigenvalue weighted by atomic mass is 10.0. The number of aryl methyl sites for hydroxylation is 1. The molecule has 1 atom stereocenters. The van der Waals surface area contributed by atoms with Crippen molar-refractivity contribution in [2.75, 3.05) is 13.1 Å². The minimum absolute atomic E-state index is 0.0564. The largest absolute Gasteiger partial charge is 0.350 e. The third-order valence-corrected chi connectivity index (χ3v) is 7.32. The van der Waals surface area contributed by atoms with Crippen molar-refractivity contribution in [2.45, 2.75) is 25.9 Å². The Hall–Kier alpha value is -3.07. The SMILES string of the molecule is Cc1cc(C(=O)NCC(c2ccc(Cl)cc2)N2CCc3sccc3C2)ccc1-n1cnnn1. The average Bonchev–Trinajstić information content (AvgIpc) is 3.52. The van der Waals surface area contributed by atoms with E-state index in [1.54, 1.807) is 10.7 Å². The number of nitrogens with one attached hydrogen (secondary N) is 1. The summed E-state index contributed by atoms with van der Waals surface area (Å²) >= 11 is 7.96. The van der Waals surface area contributed by atoms with Crippen molar-refractivity contribution >= 4 is 28.8 Å². The second-order valence-corrected chi connectivity index (χ2v) is 9.56. The van der Waals surface area contributed by atoms with Crippen LogP contribution in [0.3, 0.4) is 0 Å². The van der Waals surface area contributed by atoms with Crippen LogP contribution in [0.25, 0.3) is 5.69 Å². The zero-order valence-electron chi connectivity index (χ0n) is 18.1. The first-order chi connectivity index (χ1) is 16.1. The number of tetrazole rings is 1. The molecule has 3 heterocycles. The molecule has 0 saturated carbocycles. The van der Waals surface area contributed by atoms with Crippen LogP contribution in [-0.2, 0) is 13.0 Å². The number of benzene rings is 2. The van der Waals surface area contributed by atoms with Gasteiger partial charge in [0, 0.05) is 35.1 Å². The Balaban J connectivity index is 1.33. The van der Waals surface area contributed by atoms with Crippen LogP contribution < -0.4 is 5.32 Å². The lowest BCUT2D eigenvalue weighted by Crippen LogP contribution is -2.40. The van der Waals surface area contributed by atoms with Crippen molar-refractivity contribution in [3.8, 4) is 5.69 Å². The maximum Gasteiger partial charge on any atom is 0.251 e. The number of amides is 1. The van der Waals surface area contributed by atoms with Gasteiger partial charge in [0.2, 0.25) is 0 Å². The molecule has 1 aliphatic heterocycles. The van der Waals surface area contributed by atoms with Crippen molar-refractivity contribution in [2.24, 2.45) is 0 Å². The van der Waals surface area contributed by atoms with E-state index < -0.39 is 0 Å². The molecule has 0 aliphatic carbocycles. The number of aromatic nitrogens is 4. The van der Waals surface area contributed by atoms with Crippen LogP contribution in [-0.4, -0.2) is 44.1 Å². The zero-order chi connectivity index (χ0) is 22.8. The molecular formula is C24H23ClN6OS. The van der Waals surface area contributed by atoms with Gasteiger partial charge >= 0.3 is 0 Å². The van der Waals surface area contributed by atoms with Crippen LogP contribution in [0, 0.1) is 6.92 Å². The number of hydrogen-bond donors (Lipinski definition) is 1. The number of hydrogen-bond acceptors (Lipinski definition) is 6. The zero-order valence-corrected chi connectivity index (χ0v) is 19.7. The second-order valence-electron chi connectivity index (χ2n) is 8.12. The number of halogens is 1. The summed E-state index contributed by atoms with van der Waals surface area (Å²) in [6.45, 7) is 4.28. The molecule has 168 valence electrons. The summed E-state index contributed by atoms with van der Waals surface area (Å²) in [6, 6.07) is 15.7. The lowest BCUT2D eigenvalue weighted by molar-refractivity contribution is 0.0928. The van der Waals surface area contributed by atoms with Crippen LogP contribution in [0.2, 0.25) is 5.02 Å². The normalized spacial score (nSPS) is 14.6. The molecule has 2 aromatic heterocycles. The van der Waals surface area contributed by atoms with E-state index in [9.17, 15) is 4.79 Å². The summed E-state index contributed by atoms with van der Waals surface area (Å²) in [5.41, 5.74) is 4.90. The fourth-order valence-electron chi connectivity index (χ4n) is 4.30. The van der Waals surface area contributed by atoms with Crippen molar-refractivity contribution in [1.29, 1.82) is 0 Å². The predicted octanol–water partition coefficient (Wildman–Crippen LogP) is 4.22. The Morgan fingerprint density at radius 3 is 2.82 bits per heavy atom. The van der Waals surface area contributed by atoms with E-state index in [1.165, 1.54) is 16.8 Å². The molecule has 0 bridgehead atoms. The van der Waals surface area contributed by atoms with Gasteiger partial charge in [-0.2, -0.15) is 0 Å². The average molecular weight is 479 g/mol. The molecule has 1 aliphatic rings. The number of fused-ring (bicyclic) bond motifs is 1. The minimum atomic E-state index is -0.103. The maximum absolute atomic E-state index is 13.0. The topological polar surface area (TPSA) is 75.9 Å². The maximum atomic E-state index is 13.0. The van der Waals surface area contributed by atoms with Gasteiger partial charge in [0.1, 0.15) is 6.33 Å². The number of carbonyl (C=O) groups excluding carboxylic acids is 1. The fourth-order valence-corrected chi connectivity index (χ4v) is 5.31. The van der Waals surface area contributed by atoms with E-state index in [2.05, 4.69) is 37.2 Å². The Labute approximate surface area is 201 Å². The van der Waals surface area contributed by atoms with Crippen LogP contribution >= 0.6 is 22.9 Å². The van der Waals surface area contributed by atoms with Crippen molar-refractivity contribution in [1.82, 2.24) is 30.4 Å². The molecule has 0 radical (unpaired) electrons. The highest BCUT2D eigenvalue weighted by Crippen LogP contribution is 2.30. The van der Waals surface area contributed by atoms with E-state index in [4.69, 9.17) is 11.6 Å². The van der Waals surface area contributed by atoms with Gasteiger partial charge in [0.05, 0.1) is 11.7 Å². The molecule has 9 heteroatoms. The van der Waals surface area contributed by atoms with Gasteiger partial charge in [-0.25, -0.2) is 4.68 Å². The van der Waals surface area contributed by atoms with Crippen LogP contribution in [0.1, 0.15) is 38.0 Å². The summed E-state index contributed by atoms with van der Waals surface area (Å²) in [7, 11) is 0. The molecule has 1 unspecified atom stereocenters. The van der Waals surface area contributed by atoms with E-state index in [1.807, 2.05) is 54.7 Å². The third kappa shape index (κ3) is 4.68. The first-order valence-electron chi connectivity index (χ1n) is 10.8. The molecule has 2 aromatic carbocycles.